The van der Waals surface area contributed by atoms with Gasteiger partial charge in [-0.25, -0.2) is 9.78 Å². The van der Waals surface area contributed by atoms with Crippen molar-refractivity contribution in [3.8, 4) is 11.4 Å². The highest BCUT2D eigenvalue weighted by molar-refractivity contribution is 6.01. The zero-order valence-corrected chi connectivity index (χ0v) is 22.0. The third kappa shape index (κ3) is 3.87. The maximum atomic E-state index is 13.8. The standard InChI is InChI=1S/C28H31N5O6/c1-3-28(39-15(2)34)19-12-22-25-17(13-33(22)26(35)18(19)14-38-27(28)36)16(6-7-32-8-10-37-11-9-32)23-21(31-25)5-4-20(29)24(23)30/h4-5,12H,3,6-11,13-14,29-30H2,1-2H3/t28-/m0/s1. The van der Waals surface area contributed by atoms with Crippen LogP contribution in [0.2, 0.25) is 0 Å². The Kier molecular flexibility index (Phi) is 6.07. The smallest absolute Gasteiger partial charge is 0.355 e. The molecule has 3 aromatic rings. The first-order chi connectivity index (χ1) is 18.7. The molecule has 11 nitrogen and oxygen atoms in total. The zero-order valence-electron chi connectivity index (χ0n) is 22.0. The van der Waals surface area contributed by atoms with Crippen LogP contribution in [-0.4, -0.2) is 59.2 Å². The molecule has 204 valence electrons. The second kappa shape index (κ2) is 9.35. The lowest BCUT2D eigenvalue weighted by Crippen LogP contribution is -2.47. The lowest BCUT2D eigenvalue weighted by atomic mass is 9.85. The van der Waals surface area contributed by atoms with Crippen molar-refractivity contribution in [2.75, 3.05) is 44.3 Å². The number of benzene rings is 1. The van der Waals surface area contributed by atoms with Crippen molar-refractivity contribution in [1.29, 1.82) is 0 Å². The number of aromatic nitrogens is 2. The minimum Gasteiger partial charge on any atom is -0.457 e. The fourth-order valence-electron chi connectivity index (χ4n) is 6.08. The number of carbonyl (C=O) groups is 2. The summed E-state index contributed by atoms with van der Waals surface area (Å²) in [5.41, 5.74) is 16.1. The van der Waals surface area contributed by atoms with Crippen LogP contribution in [0.1, 0.15) is 42.5 Å². The molecule has 2 aromatic heterocycles. The number of carbonyl (C=O) groups excluding carboxylic acids is 2. The van der Waals surface area contributed by atoms with E-state index in [0.29, 0.717) is 65.6 Å². The van der Waals surface area contributed by atoms with Gasteiger partial charge >= 0.3 is 11.9 Å². The van der Waals surface area contributed by atoms with Crippen LogP contribution in [-0.2, 0) is 49.0 Å². The van der Waals surface area contributed by atoms with Crippen molar-refractivity contribution in [3.63, 3.8) is 0 Å². The van der Waals surface area contributed by atoms with Crippen molar-refractivity contribution in [2.24, 2.45) is 0 Å². The van der Waals surface area contributed by atoms with E-state index < -0.39 is 17.5 Å². The van der Waals surface area contributed by atoms with E-state index in [0.717, 1.165) is 36.1 Å². The largest absolute Gasteiger partial charge is 0.457 e. The molecule has 1 fully saturated rings. The van der Waals surface area contributed by atoms with Gasteiger partial charge in [-0.1, -0.05) is 6.92 Å². The second-order valence-corrected chi connectivity index (χ2v) is 10.2. The third-order valence-electron chi connectivity index (χ3n) is 8.11. The van der Waals surface area contributed by atoms with E-state index in [9.17, 15) is 14.4 Å². The summed E-state index contributed by atoms with van der Waals surface area (Å²) in [5, 5.41) is 0.800. The van der Waals surface area contributed by atoms with E-state index >= 15 is 0 Å². The highest BCUT2D eigenvalue weighted by Crippen LogP contribution is 2.43. The summed E-state index contributed by atoms with van der Waals surface area (Å²) >= 11 is 0. The Hall–Kier alpha value is -3.96. The van der Waals surface area contributed by atoms with Gasteiger partial charge in [-0.2, -0.15) is 0 Å². The number of rotatable bonds is 5. The monoisotopic (exact) mass is 533 g/mol. The molecule has 0 saturated carbocycles. The molecule has 3 aliphatic heterocycles. The van der Waals surface area contributed by atoms with Crippen LogP contribution in [0.25, 0.3) is 22.3 Å². The average Bonchev–Trinajstić information content (AvgIpc) is 3.30. The number of nitrogens with two attached hydrogens (primary N) is 2. The van der Waals surface area contributed by atoms with Crippen LogP contribution in [0, 0.1) is 0 Å². The van der Waals surface area contributed by atoms with Crippen molar-refractivity contribution < 1.29 is 23.8 Å². The van der Waals surface area contributed by atoms with E-state index in [-0.39, 0.29) is 18.6 Å². The van der Waals surface area contributed by atoms with Crippen molar-refractivity contribution in [3.05, 3.63) is 50.8 Å². The SMILES string of the molecule is CC[C@@]1(OC(C)=O)C(=O)OCc2c1cc1n(c2=O)Cc2c-1nc1ccc(N)c(N)c1c2CCN1CCOCC1. The van der Waals surface area contributed by atoms with Gasteiger partial charge in [-0.05, 0) is 36.6 Å². The molecule has 0 bridgehead atoms. The van der Waals surface area contributed by atoms with Gasteiger partial charge in [0.25, 0.3) is 5.56 Å². The maximum absolute atomic E-state index is 13.8. The van der Waals surface area contributed by atoms with Crippen LogP contribution >= 0.6 is 0 Å². The van der Waals surface area contributed by atoms with Gasteiger partial charge in [0, 0.05) is 43.1 Å². The minimum atomic E-state index is -1.69. The topological polar surface area (TPSA) is 152 Å². The van der Waals surface area contributed by atoms with Crippen LogP contribution in [0.15, 0.2) is 23.0 Å². The number of nitrogen functional groups attached to an aromatic ring is 2. The van der Waals surface area contributed by atoms with Crippen LogP contribution in [0.4, 0.5) is 11.4 Å². The van der Waals surface area contributed by atoms with Gasteiger partial charge in [0.1, 0.15) is 6.61 Å². The number of esters is 2. The first-order valence-electron chi connectivity index (χ1n) is 13.2. The second-order valence-electron chi connectivity index (χ2n) is 10.2. The predicted octanol–water partition coefficient (Wildman–Crippen LogP) is 1.69. The highest BCUT2D eigenvalue weighted by Gasteiger charge is 2.50. The molecule has 39 heavy (non-hydrogen) atoms. The molecule has 11 heteroatoms. The lowest BCUT2D eigenvalue weighted by molar-refractivity contribution is -0.188. The predicted molar refractivity (Wildman–Crippen MR) is 144 cm³/mol. The molecule has 1 aromatic carbocycles. The number of morpholine rings is 1. The van der Waals surface area contributed by atoms with Gasteiger partial charge in [0.05, 0.1) is 53.6 Å². The van der Waals surface area contributed by atoms with Crippen LogP contribution < -0.4 is 17.0 Å². The fourth-order valence-corrected chi connectivity index (χ4v) is 6.08. The molecular formula is C28H31N5O6. The summed E-state index contributed by atoms with van der Waals surface area (Å²) in [6.45, 7) is 6.94. The molecule has 0 radical (unpaired) electrons. The summed E-state index contributed by atoms with van der Waals surface area (Å²) in [6.07, 6.45) is 0.811. The Bertz CT molecular complexity index is 1590. The van der Waals surface area contributed by atoms with Crippen LogP contribution in [0.3, 0.4) is 0 Å². The van der Waals surface area contributed by atoms with Gasteiger partial charge in [-0.3, -0.25) is 14.5 Å². The highest BCUT2D eigenvalue weighted by atomic mass is 16.6. The summed E-state index contributed by atoms with van der Waals surface area (Å²) in [5.74, 6) is -1.32. The molecule has 6 rings (SSSR count). The molecule has 4 N–H and O–H groups in total. The van der Waals surface area contributed by atoms with E-state index in [1.807, 2.05) is 6.07 Å². The van der Waals surface area contributed by atoms with Crippen molar-refractivity contribution >= 4 is 34.2 Å². The molecule has 0 spiro atoms. The first-order valence-corrected chi connectivity index (χ1v) is 13.2. The lowest BCUT2D eigenvalue weighted by Gasteiger charge is -2.35. The Labute approximate surface area is 224 Å². The maximum Gasteiger partial charge on any atom is 0.355 e. The molecule has 1 saturated heterocycles. The van der Waals surface area contributed by atoms with Crippen molar-refractivity contribution in [1.82, 2.24) is 14.5 Å². The Balaban J connectivity index is 1.55. The van der Waals surface area contributed by atoms with Crippen LogP contribution in [0.5, 0.6) is 0 Å². The van der Waals surface area contributed by atoms with Gasteiger partial charge in [-0.15, -0.1) is 0 Å². The fraction of sp³-hybridized carbons (Fsp3) is 0.429. The summed E-state index contributed by atoms with van der Waals surface area (Å²) in [6, 6.07) is 5.34. The zero-order chi connectivity index (χ0) is 27.5. The summed E-state index contributed by atoms with van der Waals surface area (Å²) in [4.78, 5) is 46.1. The van der Waals surface area contributed by atoms with Gasteiger partial charge in [0.15, 0.2) is 0 Å². The minimum absolute atomic E-state index is 0.125. The van der Waals surface area contributed by atoms with E-state index in [1.165, 1.54) is 6.92 Å². The molecule has 5 heterocycles. The number of anilines is 2. The Morgan fingerprint density at radius 3 is 2.67 bits per heavy atom. The number of nitrogens with zero attached hydrogens (tertiary/aromatic N) is 3. The molecule has 0 aliphatic carbocycles. The van der Waals surface area contributed by atoms with E-state index in [1.54, 1.807) is 23.6 Å². The average molecular weight is 534 g/mol. The number of pyridine rings is 2. The van der Waals surface area contributed by atoms with Gasteiger partial charge in [0.2, 0.25) is 5.60 Å². The number of fused-ring (bicyclic) bond motifs is 5. The number of hydrogen-bond acceptors (Lipinski definition) is 10. The number of cyclic esters (lactones) is 1. The van der Waals surface area contributed by atoms with E-state index in [4.69, 9.17) is 30.7 Å². The molecule has 3 aliphatic rings. The Morgan fingerprint density at radius 2 is 1.95 bits per heavy atom. The van der Waals surface area contributed by atoms with E-state index in [2.05, 4.69) is 4.90 Å². The number of ether oxygens (including phenoxy) is 3. The van der Waals surface area contributed by atoms with Crippen molar-refractivity contribution in [2.45, 2.75) is 45.4 Å². The molecule has 1 atom stereocenters. The quantitative estimate of drug-likeness (QED) is 0.286. The third-order valence-corrected chi connectivity index (χ3v) is 8.11. The molecular weight excluding hydrogens is 502 g/mol. The van der Waals surface area contributed by atoms with Gasteiger partial charge < -0.3 is 30.2 Å². The first kappa shape index (κ1) is 25.3. The molecule has 0 unspecified atom stereocenters. The summed E-state index contributed by atoms with van der Waals surface area (Å²) < 4.78 is 18.1. The number of hydrogen-bond donors (Lipinski definition) is 2. The normalized spacial score (nSPS) is 20.3. The Morgan fingerprint density at radius 1 is 1.18 bits per heavy atom. The molecule has 0 amide bonds. The summed E-state index contributed by atoms with van der Waals surface area (Å²) in [7, 11) is 0.